The van der Waals surface area contributed by atoms with Gasteiger partial charge in [-0.3, -0.25) is 10.9 Å². The van der Waals surface area contributed by atoms with E-state index in [0.717, 1.165) is 6.42 Å². The molecule has 1 aromatic carbocycles. The molecule has 1 heterocycles. The van der Waals surface area contributed by atoms with Crippen molar-refractivity contribution in [2.75, 3.05) is 0 Å². The molecule has 3 heteroatoms. The molecule has 1 aliphatic heterocycles. The molecule has 2 fully saturated rings. The first-order valence-electron chi connectivity index (χ1n) is 6.99. The van der Waals surface area contributed by atoms with Crippen molar-refractivity contribution in [3.8, 4) is 0 Å². The van der Waals surface area contributed by atoms with Crippen LogP contribution in [0.2, 0.25) is 0 Å². The first-order chi connectivity index (χ1) is 8.66. The van der Waals surface area contributed by atoms with E-state index in [4.69, 9.17) is 5.73 Å². The lowest BCUT2D eigenvalue weighted by Crippen LogP contribution is -2.47. The Labute approximate surface area is 109 Å². The van der Waals surface area contributed by atoms with Gasteiger partial charge in [0.25, 0.3) is 0 Å². The molecule has 98 valence electrons. The van der Waals surface area contributed by atoms with Gasteiger partial charge in [0.2, 0.25) is 0 Å². The molecule has 0 spiro atoms. The Morgan fingerprint density at radius 2 is 1.94 bits per heavy atom. The van der Waals surface area contributed by atoms with Crippen molar-refractivity contribution < 1.29 is 0 Å². The number of benzene rings is 1. The predicted octanol–water partition coefficient (Wildman–Crippen LogP) is 1.68. The highest BCUT2D eigenvalue weighted by molar-refractivity contribution is 5.30. The van der Waals surface area contributed by atoms with Crippen LogP contribution in [0.3, 0.4) is 0 Å². The quantitative estimate of drug-likeness (QED) is 0.705. The second-order valence-electron chi connectivity index (χ2n) is 5.95. The molecule has 5 atom stereocenters. The molecule has 1 aliphatic carbocycles. The zero-order valence-corrected chi connectivity index (χ0v) is 11.2. The number of fused-ring (bicyclic) bond motifs is 1. The molecule has 0 amide bonds. The standard InChI is InChI=1S/C15H23N3/c1-9-5-3-4-6-12(9)11-7-13(16)15-10(2)17-18-14(15)8-11/h3-6,10-11,13-15,17-18H,7-8,16H2,1-2H3. The van der Waals surface area contributed by atoms with Crippen molar-refractivity contribution in [2.24, 2.45) is 11.7 Å². The average molecular weight is 245 g/mol. The van der Waals surface area contributed by atoms with Gasteiger partial charge in [-0.25, -0.2) is 0 Å². The summed E-state index contributed by atoms with van der Waals surface area (Å²) in [4.78, 5) is 0. The van der Waals surface area contributed by atoms with Gasteiger partial charge in [0, 0.05) is 24.0 Å². The summed E-state index contributed by atoms with van der Waals surface area (Å²) < 4.78 is 0. The Morgan fingerprint density at radius 3 is 2.72 bits per heavy atom. The molecule has 1 saturated carbocycles. The number of rotatable bonds is 1. The lowest BCUT2D eigenvalue weighted by atomic mass is 9.71. The summed E-state index contributed by atoms with van der Waals surface area (Å²) >= 11 is 0. The maximum atomic E-state index is 6.41. The van der Waals surface area contributed by atoms with Crippen molar-refractivity contribution in [1.82, 2.24) is 10.9 Å². The number of aryl methyl sites for hydroxylation is 1. The molecule has 0 bridgehead atoms. The molecule has 1 saturated heterocycles. The summed E-state index contributed by atoms with van der Waals surface area (Å²) in [5, 5.41) is 0. The molecular formula is C15H23N3. The highest BCUT2D eigenvalue weighted by Crippen LogP contribution is 2.39. The van der Waals surface area contributed by atoms with Crippen LogP contribution in [0.1, 0.15) is 36.8 Å². The lowest BCUT2D eigenvalue weighted by molar-refractivity contribution is 0.245. The first-order valence-corrected chi connectivity index (χ1v) is 6.99. The van der Waals surface area contributed by atoms with E-state index in [1.165, 1.54) is 17.5 Å². The van der Waals surface area contributed by atoms with E-state index >= 15 is 0 Å². The van der Waals surface area contributed by atoms with Crippen LogP contribution in [0.15, 0.2) is 24.3 Å². The van der Waals surface area contributed by atoms with Crippen LogP contribution in [0.25, 0.3) is 0 Å². The van der Waals surface area contributed by atoms with E-state index in [0.29, 0.717) is 30.0 Å². The van der Waals surface area contributed by atoms with E-state index in [2.05, 4.69) is 49.0 Å². The zero-order valence-electron chi connectivity index (χ0n) is 11.2. The summed E-state index contributed by atoms with van der Waals surface area (Å²) in [6.45, 7) is 4.43. The van der Waals surface area contributed by atoms with Crippen molar-refractivity contribution in [3.63, 3.8) is 0 Å². The molecule has 4 N–H and O–H groups in total. The fraction of sp³-hybridized carbons (Fsp3) is 0.600. The molecule has 5 unspecified atom stereocenters. The maximum absolute atomic E-state index is 6.41. The zero-order chi connectivity index (χ0) is 12.7. The van der Waals surface area contributed by atoms with Crippen LogP contribution in [0.4, 0.5) is 0 Å². The minimum atomic E-state index is 0.297. The number of nitrogens with one attached hydrogen (secondary N) is 2. The summed E-state index contributed by atoms with van der Waals surface area (Å²) in [5.74, 6) is 1.17. The Kier molecular flexibility index (Phi) is 3.14. The third kappa shape index (κ3) is 1.96. The Morgan fingerprint density at radius 1 is 1.17 bits per heavy atom. The van der Waals surface area contributed by atoms with Gasteiger partial charge in [0.15, 0.2) is 0 Å². The predicted molar refractivity (Wildman–Crippen MR) is 74.1 cm³/mol. The van der Waals surface area contributed by atoms with Gasteiger partial charge in [-0.15, -0.1) is 0 Å². The van der Waals surface area contributed by atoms with Gasteiger partial charge in [0.1, 0.15) is 0 Å². The third-order valence-electron chi connectivity index (χ3n) is 4.76. The van der Waals surface area contributed by atoms with Crippen LogP contribution in [-0.4, -0.2) is 18.1 Å². The Balaban J connectivity index is 1.83. The number of nitrogens with two attached hydrogens (primary N) is 1. The summed E-state index contributed by atoms with van der Waals surface area (Å²) in [6.07, 6.45) is 2.31. The number of hydrogen-bond acceptors (Lipinski definition) is 3. The fourth-order valence-electron chi connectivity index (χ4n) is 3.85. The molecule has 18 heavy (non-hydrogen) atoms. The van der Waals surface area contributed by atoms with Crippen LogP contribution in [-0.2, 0) is 0 Å². The minimum Gasteiger partial charge on any atom is -0.327 e. The highest BCUT2D eigenvalue weighted by atomic mass is 15.4. The van der Waals surface area contributed by atoms with Crippen LogP contribution in [0, 0.1) is 12.8 Å². The molecule has 3 rings (SSSR count). The molecule has 0 aromatic heterocycles. The van der Waals surface area contributed by atoms with Gasteiger partial charge >= 0.3 is 0 Å². The second kappa shape index (κ2) is 4.65. The molecule has 0 radical (unpaired) electrons. The van der Waals surface area contributed by atoms with Crippen LogP contribution < -0.4 is 16.6 Å². The van der Waals surface area contributed by atoms with E-state index < -0.39 is 0 Å². The lowest BCUT2D eigenvalue weighted by Gasteiger charge is -2.37. The first kappa shape index (κ1) is 12.2. The maximum Gasteiger partial charge on any atom is 0.0277 e. The molecule has 3 nitrogen and oxygen atoms in total. The van der Waals surface area contributed by atoms with Crippen molar-refractivity contribution in [2.45, 2.75) is 50.7 Å². The summed E-state index contributed by atoms with van der Waals surface area (Å²) in [7, 11) is 0. The van der Waals surface area contributed by atoms with Gasteiger partial charge in [0.05, 0.1) is 0 Å². The number of hydrazine groups is 1. The van der Waals surface area contributed by atoms with Crippen LogP contribution in [0.5, 0.6) is 0 Å². The monoisotopic (exact) mass is 245 g/mol. The van der Waals surface area contributed by atoms with Crippen LogP contribution >= 0.6 is 0 Å². The van der Waals surface area contributed by atoms with Crippen molar-refractivity contribution >= 4 is 0 Å². The highest BCUT2D eigenvalue weighted by Gasteiger charge is 2.43. The van der Waals surface area contributed by atoms with Gasteiger partial charge in [-0.1, -0.05) is 24.3 Å². The van der Waals surface area contributed by atoms with E-state index in [-0.39, 0.29) is 0 Å². The minimum absolute atomic E-state index is 0.297. The fourth-order valence-corrected chi connectivity index (χ4v) is 3.85. The molecular weight excluding hydrogens is 222 g/mol. The van der Waals surface area contributed by atoms with Gasteiger partial charge in [-0.2, -0.15) is 0 Å². The van der Waals surface area contributed by atoms with E-state index in [9.17, 15) is 0 Å². The molecule has 2 aliphatic rings. The summed E-state index contributed by atoms with van der Waals surface area (Å²) in [6, 6.07) is 10.0. The number of hydrogen-bond donors (Lipinski definition) is 3. The van der Waals surface area contributed by atoms with Gasteiger partial charge in [-0.05, 0) is 43.7 Å². The van der Waals surface area contributed by atoms with Crippen molar-refractivity contribution in [1.29, 1.82) is 0 Å². The van der Waals surface area contributed by atoms with E-state index in [1.54, 1.807) is 0 Å². The smallest absolute Gasteiger partial charge is 0.0277 e. The second-order valence-corrected chi connectivity index (χ2v) is 5.95. The summed E-state index contributed by atoms with van der Waals surface area (Å²) in [5.41, 5.74) is 16.1. The Bertz CT molecular complexity index is 432. The van der Waals surface area contributed by atoms with Crippen molar-refractivity contribution in [3.05, 3.63) is 35.4 Å². The Hall–Kier alpha value is -0.900. The average Bonchev–Trinajstić information content (AvgIpc) is 2.72. The largest absolute Gasteiger partial charge is 0.327 e. The molecule has 1 aromatic rings. The SMILES string of the molecule is Cc1ccccc1C1CC(N)C2C(C)NNC2C1. The normalized spacial score (nSPS) is 39.6. The third-order valence-corrected chi connectivity index (χ3v) is 4.76. The van der Waals surface area contributed by atoms with E-state index in [1.807, 2.05) is 0 Å². The van der Waals surface area contributed by atoms with Gasteiger partial charge < -0.3 is 5.73 Å². The topological polar surface area (TPSA) is 50.1 Å².